The quantitative estimate of drug-likeness (QED) is 0.235. The van der Waals surface area contributed by atoms with Gasteiger partial charge in [-0.15, -0.1) is 11.3 Å². The number of aryl methyl sites for hydroxylation is 2. The Morgan fingerprint density at radius 2 is 1.08 bits per heavy atom. The summed E-state index contributed by atoms with van der Waals surface area (Å²) in [6.07, 6.45) is 0. The Hall–Kier alpha value is -3.86. The van der Waals surface area contributed by atoms with E-state index in [1.54, 1.807) is 22.9 Å². The van der Waals surface area contributed by atoms with Gasteiger partial charge in [-0.05, 0) is 59.8 Å². The van der Waals surface area contributed by atoms with E-state index in [-0.39, 0.29) is 0 Å². The second kappa shape index (κ2) is 9.65. The summed E-state index contributed by atoms with van der Waals surface area (Å²) in [6, 6.07) is 38.5. The van der Waals surface area contributed by atoms with Gasteiger partial charge in [0.2, 0.25) is 0 Å². The summed E-state index contributed by atoms with van der Waals surface area (Å²) in [5.74, 6) is 0. The molecule has 0 aliphatic heterocycles. The maximum atomic E-state index is 4.92. The third-order valence-electron chi connectivity index (χ3n) is 6.30. The van der Waals surface area contributed by atoms with Crippen LogP contribution in [0.25, 0.3) is 55.2 Å². The van der Waals surface area contributed by atoms with Gasteiger partial charge in [0, 0.05) is 21.6 Å². The summed E-state index contributed by atoms with van der Waals surface area (Å²) in [4.78, 5) is 7.36. The number of nitrogens with zero attached hydrogens (tertiary/aromatic N) is 2. The second-order valence-electron chi connectivity index (χ2n) is 8.77. The SMILES string of the molecule is Cc1nc(-c2cccc(-c3cccc(-c4c(-c5ccccc5)nsc4C)c3)c2)c(-c2ccccc2)s1. The molecule has 6 aromatic rings. The molecule has 0 amide bonds. The molecule has 6 rings (SSSR count). The zero-order valence-electron chi connectivity index (χ0n) is 20.1. The van der Waals surface area contributed by atoms with Crippen molar-refractivity contribution in [1.29, 1.82) is 0 Å². The Labute approximate surface area is 219 Å². The highest BCUT2D eigenvalue weighted by atomic mass is 32.1. The fourth-order valence-corrected chi connectivity index (χ4v) is 6.29. The third-order valence-corrected chi connectivity index (χ3v) is 8.07. The van der Waals surface area contributed by atoms with Gasteiger partial charge >= 0.3 is 0 Å². The highest BCUT2D eigenvalue weighted by molar-refractivity contribution is 7.15. The molecule has 0 radical (unpaired) electrons. The molecule has 4 heteroatoms. The zero-order valence-corrected chi connectivity index (χ0v) is 21.7. The Bertz CT molecular complexity index is 1650. The Morgan fingerprint density at radius 3 is 1.78 bits per heavy atom. The fourth-order valence-electron chi connectivity index (χ4n) is 4.61. The summed E-state index contributed by atoms with van der Waals surface area (Å²) < 4.78 is 4.79. The zero-order chi connectivity index (χ0) is 24.5. The summed E-state index contributed by atoms with van der Waals surface area (Å²) in [5, 5.41) is 1.07. The lowest BCUT2D eigenvalue weighted by Gasteiger charge is -2.10. The van der Waals surface area contributed by atoms with Crippen molar-refractivity contribution in [1.82, 2.24) is 9.36 Å². The summed E-state index contributed by atoms with van der Waals surface area (Å²) in [7, 11) is 0. The molecule has 0 saturated heterocycles. The molecule has 2 heterocycles. The lowest BCUT2D eigenvalue weighted by molar-refractivity contribution is 1.30. The molecule has 2 nitrogen and oxygen atoms in total. The van der Waals surface area contributed by atoms with E-state index in [4.69, 9.17) is 9.36 Å². The predicted octanol–water partition coefficient (Wildman–Crippen LogP) is 9.55. The van der Waals surface area contributed by atoms with Gasteiger partial charge in [0.15, 0.2) is 0 Å². The van der Waals surface area contributed by atoms with Crippen LogP contribution in [0.3, 0.4) is 0 Å². The third kappa shape index (κ3) is 4.30. The van der Waals surface area contributed by atoms with Crippen LogP contribution in [-0.4, -0.2) is 9.36 Å². The maximum absolute atomic E-state index is 4.92. The number of aromatic nitrogens is 2. The number of hydrogen-bond acceptors (Lipinski definition) is 4. The highest BCUT2D eigenvalue weighted by Gasteiger charge is 2.16. The molecule has 0 aliphatic rings. The monoisotopic (exact) mass is 500 g/mol. The van der Waals surface area contributed by atoms with Gasteiger partial charge < -0.3 is 0 Å². The molecular formula is C32H24N2S2. The highest BCUT2D eigenvalue weighted by Crippen LogP contribution is 2.40. The van der Waals surface area contributed by atoms with Crippen LogP contribution < -0.4 is 0 Å². The first-order valence-electron chi connectivity index (χ1n) is 11.9. The Balaban J connectivity index is 1.42. The van der Waals surface area contributed by atoms with E-state index in [1.807, 2.05) is 6.07 Å². The Morgan fingerprint density at radius 1 is 0.528 bits per heavy atom. The number of hydrogen-bond donors (Lipinski definition) is 0. The normalized spacial score (nSPS) is 11.1. The largest absolute Gasteiger partial charge is 0.241 e. The molecule has 0 fully saturated rings. The molecule has 0 spiro atoms. The van der Waals surface area contributed by atoms with Crippen molar-refractivity contribution in [2.24, 2.45) is 0 Å². The van der Waals surface area contributed by atoms with Gasteiger partial charge in [0.1, 0.15) is 0 Å². The van der Waals surface area contributed by atoms with Crippen molar-refractivity contribution in [2.75, 3.05) is 0 Å². The summed E-state index contributed by atoms with van der Waals surface area (Å²) in [5.41, 5.74) is 10.4. The minimum absolute atomic E-state index is 1.05. The number of rotatable bonds is 5. The van der Waals surface area contributed by atoms with Crippen molar-refractivity contribution in [3.05, 3.63) is 119 Å². The lowest BCUT2D eigenvalue weighted by atomic mass is 9.95. The van der Waals surface area contributed by atoms with Crippen molar-refractivity contribution in [3.8, 4) is 55.2 Å². The molecule has 2 aromatic heterocycles. The van der Waals surface area contributed by atoms with E-state index >= 15 is 0 Å². The summed E-state index contributed by atoms with van der Waals surface area (Å²) in [6.45, 7) is 4.23. The van der Waals surface area contributed by atoms with Gasteiger partial charge in [0.05, 0.1) is 21.3 Å². The smallest absolute Gasteiger partial charge is 0.0921 e. The first-order chi connectivity index (χ1) is 17.7. The molecule has 0 saturated carbocycles. The molecule has 0 aliphatic carbocycles. The minimum Gasteiger partial charge on any atom is -0.241 e. The maximum Gasteiger partial charge on any atom is 0.0921 e. The van der Waals surface area contributed by atoms with Gasteiger partial charge in [-0.2, -0.15) is 4.37 Å². The van der Waals surface area contributed by atoms with Crippen LogP contribution in [0.1, 0.15) is 9.88 Å². The molecule has 4 aromatic carbocycles. The number of benzene rings is 4. The van der Waals surface area contributed by atoms with Gasteiger partial charge in [0.25, 0.3) is 0 Å². The van der Waals surface area contributed by atoms with Crippen LogP contribution in [0.2, 0.25) is 0 Å². The van der Waals surface area contributed by atoms with Crippen LogP contribution in [0.15, 0.2) is 109 Å². The average Bonchev–Trinajstić information content (AvgIpc) is 3.52. The predicted molar refractivity (Wildman–Crippen MR) is 154 cm³/mol. The molecule has 0 atom stereocenters. The van der Waals surface area contributed by atoms with E-state index in [0.29, 0.717) is 0 Å². The first-order valence-corrected chi connectivity index (χ1v) is 13.5. The van der Waals surface area contributed by atoms with Crippen molar-refractivity contribution >= 4 is 22.9 Å². The fraction of sp³-hybridized carbons (Fsp3) is 0.0625. The molecule has 0 N–H and O–H groups in total. The molecule has 36 heavy (non-hydrogen) atoms. The van der Waals surface area contributed by atoms with Crippen molar-refractivity contribution < 1.29 is 0 Å². The van der Waals surface area contributed by atoms with Crippen LogP contribution in [-0.2, 0) is 0 Å². The van der Waals surface area contributed by atoms with Crippen molar-refractivity contribution in [3.63, 3.8) is 0 Å². The molecule has 174 valence electrons. The summed E-state index contributed by atoms with van der Waals surface area (Å²) >= 11 is 3.32. The average molecular weight is 501 g/mol. The minimum atomic E-state index is 1.05. The van der Waals surface area contributed by atoms with E-state index in [1.165, 1.54) is 37.6 Å². The second-order valence-corrected chi connectivity index (χ2v) is 10.9. The van der Waals surface area contributed by atoms with Crippen LogP contribution in [0.5, 0.6) is 0 Å². The number of thiazole rings is 1. The Kier molecular flexibility index (Phi) is 6.06. The van der Waals surface area contributed by atoms with Gasteiger partial charge in [-0.25, -0.2) is 4.98 Å². The van der Waals surface area contributed by atoms with E-state index in [0.717, 1.165) is 27.5 Å². The van der Waals surface area contributed by atoms with Crippen LogP contribution in [0.4, 0.5) is 0 Å². The van der Waals surface area contributed by atoms with Crippen LogP contribution in [0, 0.1) is 13.8 Å². The van der Waals surface area contributed by atoms with E-state index in [2.05, 4.69) is 117 Å². The standard InChI is InChI=1S/C32H24N2S2/c1-21-29(30(34-36-21)23-11-5-3-6-12-23)27-17-9-15-25(19-27)26-16-10-18-28(20-26)31-32(35-22(2)33-31)24-13-7-4-8-14-24/h3-20H,1-2H3. The van der Waals surface area contributed by atoms with E-state index < -0.39 is 0 Å². The van der Waals surface area contributed by atoms with Gasteiger partial charge in [-0.1, -0.05) is 97.1 Å². The van der Waals surface area contributed by atoms with Gasteiger partial charge in [-0.3, -0.25) is 0 Å². The first kappa shape index (κ1) is 22.6. The molecule has 0 unspecified atom stereocenters. The lowest BCUT2D eigenvalue weighted by Crippen LogP contribution is -1.87. The molecule has 0 bridgehead atoms. The topological polar surface area (TPSA) is 25.8 Å². The molecular weight excluding hydrogens is 477 g/mol. The van der Waals surface area contributed by atoms with Crippen LogP contribution >= 0.6 is 22.9 Å². The van der Waals surface area contributed by atoms with Crippen molar-refractivity contribution in [2.45, 2.75) is 13.8 Å². The van der Waals surface area contributed by atoms with E-state index in [9.17, 15) is 0 Å².